The SMILES string of the molecule is Cc1ccc(C(C(C)N)N2CCSCC2S(C)(=O)=O)o1. The molecule has 5 nitrogen and oxygen atoms in total. The molecular weight excluding hydrogens is 296 g/mol. The molecule has 1 aromatic rings. The predicted molar refractivity (Wildman–Crippen MR) is 82.5 cm³/mol. The second kappa shape index (κ2) is 6.09. The van der Waals surface area contributed by atoms with Gasteiger partial charge in [0.1, 0.15) is 16.9 Å². The summed E-state index contributed by atoms with van der Waals surface area (Å²) in [6, 6.07) is 3.38. The van der Waals surface area contributed by atoms with Gasteiger partial charge < -0.3 is 10.2 Å². The number of rotatable bonds is 4. The van der Waals surface area contributed by atoms with Crippen LogP contribution in [0.5, 0.6) is 0 Å². The Kier molecular flexibility index (Phi) is 4.84. The molecule has 0 saturated carbocycles. The molecule has 1 saturated heterocycles. The van der Waals surface area contributed by atoms with Crippen LogP contribution in [0.25, 0.3) is 0 Å². The van der Waals surface area contributed by atoms with E-state index in [4.69, 9.17) is 10.2 Å². The Balaban J connectivity index is 2.36. The van der Waals surface area contributed by atoms with Gasteiger partial charge in [0.2, 0.25) is 0 Å². The highest BCUT2D eigenvalue weighted by Gasteiger charge is 2.38. The van der Waals surface area contributed by atoms with Crippen molar-refractivity contribution in [3.05, 3.63) is 23.7 Å². The number of hydrogen-bond acceptors (Lipinski definition) is 6. The monoisotopic (exact) mass is 318 g/mol. The Morgan fingerprint density at radius 3 is 2.70 bits per heavy atom. The summed E-state index contributed by atoms with van der Waals surface area (Å²) in [5.41, 5.74) is 6.11. The first-order chi connectivity index (χ1) is 9.30. The number of nitrogens with zero attached hydrogens (tertiary/aromatic N) is 1. The van der Waals surface area contributed by atoms with Gasteiger partial charge in [-0.1, -0.05) is 0 Å². The summed E-state index contributed by atoms with van der Waals surface area (Å²) in [6.07, 6.45) is 1.29. The lowest BCUT2D eigenvalue weighted by atomic mass is 10.1. The van der Waals surface area contributed by atoms with E-state index >= 15 is 0 Å². The number of aryl methyl sites for hydroxylation is 1. The van der Waals surface area contributed by atoms with Gasteiger partial charge in [-0.25, -0.2) is 8.42 Å². The Bertz CT molecular complexity index is 554. The molecule has 3 unspecified atom stereocenters. The van der Waals surface area contributed by atoms with Crippen molar-refractivity contribution >= 4 is 21.6 Å². The molecule has 1 aromatic heterocycles. The summed E-state index contributed by atoms with van der Waals surface area (Å²) < 4.78 is 29.8. The molecule has 0 spiro atoms. The fourth-order valence-corrected chi connectivity index (χ4v) is 5.52. The van der Waals surface area contributed by atoms with Crippen LogP contribution in [0.15, 0.2) is 16.5 Å². The van der Waals surface area contributed by atoms with Crippen LogP contribution in [0.2, 0.25) is 0 Å². The third kappa shape index (κ3) is 3.39. The van der Waals surface area contributed by atoms with Crippen LogP contribution in [-0.4, -0.2) is 49.0 Å². The van der Waals surface area contributed by atoms with Crippen LogP contribution in [0.4, 0.5) is 0 Å². The zero-order valence-corrected chi connectivity index (χ0v) is 13.7. The van der Waals surface area contributed by atoms with E-state index < -0.39 is 15.2 Å². The van der Waals surface area contributed by atoms with Gasteiger partial charge in [-0.2, -0.15) is 11.8 Å². The third-order valence-electron chi connectivity index (χ3n) is 3.53. The molecule has 1 aliphatic rings. The maximum absolute atomic E-state index is 12.0. The highest BCUT2D eigenvalue weighted by atomic mass is 32.2. The summed E-state index contributed by atoms with van der Waals surface area (Å²) >= 11 is 1.67. The summed E-state index contributed by atoms with van der Waals surface area (Å²) in [5.74, 6) is 3.06. The first kappa shape index (κ1) is 15.9. The molecule has 1 fully saturated rings. The topological polar surface area (TPSA) is 76.5 Å². The molecule has 0 aliphatic carbocycles. The van der Waals surface area contributed by atoms with E-state index in [0.717, 1.165) is 17.3 Å². The highest BCUT2D eigenvalue weighted by Crippen LogP contribution is 2.32. The molecule has 0 bridgehead atoms. The van der Waals surface area contributed by atoms with Crippen molar-refractivity contribution in [3.63, 3.8) is 0 Å². The molecule has 20 heavy (non-hydrogen) atoms. The normalized spacial score (nSPS) is 24.5. The molecule has 7 heteroatoms. The number of sulfone groups is 1. The van der Waals surface area contributed by atoms with E-state index in [-0.39, 0.29) is 12.1 Å². The lowest BCUT2D eigenvalue weighted by Gasteiger charge is -2.40. The van der Waals surface area contributed by atoms with Crippen LogP contribution in [-0.2, 0) is 9.84 Å². The number of nitrogens with two attached hydrogens (primary N) is 1. The maximum atomic E-state index is 12.0. The van der Waals surface area contributed by atoms with Gasteiger partial charge in [-0.3, -0.25) is 4.90 Å². The van der Waals surface area contributed by atoms with Gasteiger partial charge in [-0.05, 0) is 26.0 Å². The summed E-state index contributed by atoms with van der Waals surface area (Å²) in [6.45, 7) is 4.47. The smallest absolute Gasteiger partial charge is 0.164 e. The average molecular weight is 318 g/mol. The third-order valence-corrected chi connectivity index (χ3v) is 6.19. The van der Waals surface area contributed by atoms with Crippen LogP contribution in [0.3, 0.4) is 0 Å². The highest BCUT2D eigenvalue weighted by molar-refractivity contribution is 8.00. The Labute approximate surface area is 124 Å². The standard InChI is InChI=1S/C13H22N2O3S2/c1-9-4-5-11(18-9)13(10(2)14)15-6-7-19-8-12(15)20(3,16)17/h4-5,10,12-13H,6-8,14H2,1-3H3. The van der Waals surface area contributed by atoms with Crippen molar-refractivity contribution in [1.29, 1.82) is 0 Å². The molecule has 0 amide bonds. The van der Waals surface area contributed by atoms with Crippen molar-refractivity contribution in [2.45, 2.75) is 31.3 Å². The van der Waals surface area contributed by atoms with Crippen LogP contribution < -0.4 is 5.73 Å². The van der Waals surface area contributed by atoms with Gasteiger partial charge in [0.25, 0.3) is 0 Å². The Morgan fingerprint density at radius 2 is 2.20 bits per heavy atom. The van der Waals surface area contributed by atoms with Crippen molar-refractivity contribution in [2.75, 3.05) is 24.3 Å². The number of hydrogen-bond donors (Lipinski definition) is 1. The molecule has 2 rings (SSSR count). The molecule has 3 atom stereocenters. The van der Waals surface area contributed by atoms with Crippen LogP contribution in [0, 0.1) is 6.92 Å². The quantitative estimate of drug-likeness (QED) is 0.904. The van der Waals surface area contributed by atoms with Gasteiger partial charge in [0, 0.05) is 30.3 Å². The summed E-state index contributed by atoms with van der Waals surface area (Å²) in [7, 11) is -3.15. The van der Waals surface area contributed by atoms with E-state index in [1.54, 1.807) is 11.8 Å². The van der Waals surface area contributed by atoms with Gasteiger partial charge >= 0.3 is 0 Å². The van der Waals surface area contributed by atoms with E-state index in [1.165, 1.54) is 6.26 Å². The lowest BCUT2D eigenvalue weighted by Crippen LogP contribution is -2.52. The van der Waals surface area contributed by atoms with E-state index in [9.17, 15) is 8.42 Å². The molecule has 1 aliphatic heterocycles. The van der Waals surface area contributed by atoms with Gasteiger partial charge in [-0.15, -0.1) is 0 Å². The molecule has 0 aromatic carbocycles. The van der Waals surface area contributed by atoms with E-state index in [1.807, 2.05) is 30.9 Å². The second-order valence-electron chi connectivity index (χ2n) is 5.35. The Hall–Kier alpha value is -0.500. The van der Waals surface area contributed by atoms with Crippen molar-refractivity contribution in [2.24, 2.45) is 5.73 Å². The predicted octanol–water partition coefficient (Wildman–Crippen LogP) is 1.40. The summed E-state index contributed by atoms with van der Waals surface area (Å²) in [5, 5.41) is -0.498. The minimum Gasteiger partial charge on any atom is -0.465 e. The zero-order valence-electron chi connectivity index (χ0n) is 12.1. The number of furan rings is 1. The number of thioether (sulfide) groups is 1. The van der Waals surface area contributed by atoms with Crippen LogP contribution in [0.1, 0.15) is 24.5 Å². The fraction of sp³-hybridized carbons (Fsp3) is 0.692. The average Bonchev–Trinajstić information content (AvgIpc) is 2.75. The van der Waals surface area contributed by atoms with Crippen molar-refractivity contribution in [1.82, 2.24) is 4.90 Å². The second-order valence-corrected chi connectivity index (χ2v) is 8.70. The maximum Gasteiger partial charge on any atom is 0.164 e. The minimum atomic E-state index is -3.15. The molecule has 2 N–H and O–H groups in total. The molecular formula is C13H22N2O3S2. The molecule has 0 radical (unpaired) electrons. The van der Waals surface area contributed by atoms with Gasteiger partial charge in [0.05, 0.1) is 6.04 Å². The van der Waals surface area contributed by atoms with E-state index in [0.29, 0.717) is 12.3 Å². The fourth-order valence-electron chi connectivity index (χ4n) is 2.62. The summed E-state index contributed by atoms with van der Waals surface area (Å²) in [4.78, 5) is 1.98. The van der Waals surface area contributed by atoms with Crippen molar-refractivity contribution in [3.8, 4) is 0 Å². The van der Waals surface area contributed by atoms with Crippen molar-refractivity contribution < 1.29 is 12.8 Å². The first-order valence-electron chi connectivity index (χ1n) is 6.65. The molecule has 2 heterocycles. The van der Waals surface area contributed by atoms with Crippen LogP contribution >= 0.6 is 11.8 Å². The van der Waals surface area contributed by atoms with E-state index in [2.05, 4.69) is 0 Å². The Morgan fingerprint density at radius 1 is 1.50 bits per heavy atom. The first-order valence-corrected chi connectivity index (χ1v) is 9.76. The van der Waals surface area contributed by atoms with Gasteiger partial charge in [0.15, 0.2) is 9.84 Å². The minimum absolute atomic E-state index is 0.201. The lowest BCUT2D eigenvalue weighted by molar-refractivity contribution is 0.150. The largest absolute Gasteiger partial charge is 0.465 e. The molecule has 114 valence electrons. The zero-order chi connectivity index (χ0) is 14.9.